The van der Waals surface area contributed by atoms with Crippen LogP contribution in [0.5, 0.6) is 0 Å². The zero-order valence-corrected chi connectivity index (χ0v) is 12.3. The first-order chi connectivity index (χ1) is 10.7. The van der Waals surface area contributed by atoms with Crippen LogP contribution in [0, 0.1) is 20.2 Å². The quantitative estimate of drug-likeness (QED) is 0.505. The molecule has 0 saturated carbocycles. The molecule has 0 amide bonds. The van der Waals surface area contributed by atoms with Gasteiger partial charge in [0.05, 0.1) is 9.85 Å². The van der Waals surface area contributed by atoms with Gasteiger partial charge in [-0.15, -0.1) is 0 Å². The molecule has 126 valence electrons. The molecule has 1 aliphatic rings. The molecule has 0 aromatic heterocycles. The van der Waals surface area contributed by atoms with E-state index in [0.29, 0.717) is 13.1 Å². The second kappa shape index (κ2) is 6.58. The van der Waals surface area contributed by atoms with Crippen molar-refractivity contribution in [3.8, 4) is 0 Å². The van der Waals surface area contributed by atoms with Crippen molar-refractivity contribution in [2.75, 3.05) is 31.1 Å². The monoisotopic (exact) mass is 352 g/mol. The molecule has 23 heavy (non-hydrogen) atoms. The van der Waals surface area contributed by atoms with E-state index in [9.17, 15) is 33.4 Å². The molecule has 1 saturated heterocycles. The van der Waals surface area contributed by atoms with E-state index >= 15 is 0 Å². The molecule has 1 aromatic carbocycles. The van der Waals surface area contributed by atoms with E-state index in [2.05, 4.69) is 5.32 Å². The SMILES string of the molecule is O=[N+]([O-])c1cc(SC(F)(F)F)cc([N+](=O)[O-])c1N1CCNCC1. The molecule has 0 aliphatic carbocycles. The fraction of sp³-hybridized carbons (Fsp3) is 0.455. The maximum absolute atomic E-state index is 12.5. The van der Waals surface area contributed by atoms with Gasteiger partial charge in [-0.05, 0) is 11.8 Å². The van der Waals surface area contributed by atoms with Crippen LogP contribution in [-0.4, -0.2) is 41.5 Å². The molecule has 2 rings (SSSR count). The summed E-state index contributed by atoms with van der Waals surface area (Å²) in [4.78, 5) is 21.5. The summed E-state index contributed by atoms with van der Waals surface area (Å²) in [6.07, 6.45) is 0. The minimum atomic E-state index is -4.70. The van der Waals surface area contributed by atoms with Crippen LogP contribution in [-0.2, 0) is 0 Å². The van der Waals surface area contributed by atoms with Crippen molar-refractivity contribution in [3.05, 3.63) is 32.4 Å². The second-order valence-corrected chi connectivity index (χ2v) is 5.75. The Labute approximate surface area is 131 Å². The third-order valence-electron chi connectivity index (χ3n) is 3.10. The van der Waals surface area contributed by atoms with Gasteiger partial charge in [-0.1, -0.05) is 0 Å². The van der Waals surface area contributed by atoms with Gasteiger partial charge < -0.3 is 10.2 Å². The summed E-state index contributed by atoms with van der Waals surface area (Å²) in [6.45, 7) is 1.50. The van der Waals surface area contributed by atoms with Crippen molar-refractivity contribution < 1.29 is 23.0 Å². The molecule has 8 nitrogen and oxygen atoms in total. The predicted molar refractivity (Wildman–Crippen MR) is 76.7 cm³/mol. The average molecular weight is 352 g/mol. The van der Waals surface area contributed by atoms with Gasteiger partial charge in [-0.2, -0.15) is 13.2 Å². The van der Waals surface area contributed by atoms with Crippen LogP contribution in [0.25, 0.3) is 0 Å². The van der Waals surface area contributed by atoms with Gasteiger partial charge in [0.1, 0.15) is 0 Å². The lowest BCUT2D eigenvalue weighted by Crippen LogP contribution is -2.44. The Bertz CT molecular complexity index is 599. The first kappa shape index (κ1) is 17.3. The topological polar surface area (TPSA) is 102 Å². The van der Waals surface area contributed by atoms with Crippen molar-refractivity contribution >= 4 is 28.8 Å². The minimum absolute atomic E-state index is 0.256. The number of piperazine rings is 1. The number of nitro benzene ring substituents is 2. The molecular formula is C11H11F3N4O4S. The predicted octanol–water partition coefficient (Wildman–Crippen LogP) is 2.52. The Morgan fingerprint density at radius 1 is 1.09 bits per heavy atom. The summed E-state index contributed by atoms with van der Waals surface area (Å²) < 4.78 is 37.4. The molecule has 1 N–H and O–H groups in total. The van der Waals surface area contributed by atoms with Crippen molar-refractivity contribution in [3.63, 3.8) is 0 Å². The van der Waals surface area contributed by atoms with E-state index < -0.39 is 43.4 Å². The molecule has 0 bridgehead atoms. The number of nitrogens with one attached hydrogen (secondary N) is 1. The lowest BCUT2D eigenvalue weighted by atomic mass is 10.2. The molecule has 0 unspecified atom stereocenters. The summed E-state index contributed by atoms with van der Waals surface area (Å²) in [5.74, 6) is 0. The molecule has 0 spiro atoms. The van der Waals surface area contributed by atoms with E-state index in [4.69, 9.17) is 0 Å². The van der Waals surface area contributed by atoms with Crippen LogP contribution in [0.4, 0.5) is 30.2 Å². The highest BCUT2D eigenvalue weighted by Crippen LogP contribution is 2.45. The fourth-order valence-electron chi connectivity index (χ4n) is 2.26. The van der Waals surface area contributed by atoms with Gasteiger partial charge in [0.25, 0.3) is 0 Å². The van der Waals surface area contributed by atoms with Crippen molar-refractivity contribution in [2.45, 2.75) is 10.4 Å². The summed E-state index contributed by atoms with van der Waals surface area (Å²) in [7, 11) is 0. The highest BCUT2D eigenvalue weighted by molar-refractivity contribution is 8.00. The van der Waals surface area contributed by atoms with Gasteiger partial charge in [-0.3, -0.25) is 20.2 Å². The Kier molecular flexibility index (Phi) is 4.94. The lowest BCUT2D eigenvalue weighted by Gasteiger charge is -2.28. The van der Waals surface area contributed by atoms with Crippen molar-refractivity contribution in [1.82, 2.24) is 5.32 Å². The summed E-state index contributed by atoms with van der Waals surface area (Å²) in [5, 5.41) is 25.4. The van der Waals surface area contributed by atoms with Gasteiger partial charge in [0.2, 0.25) is 0 Å². The standard InChI is InChI=1S/C11H11F3N4O4S/c12-11(13,14)23-7-5-8(17(19)20)10(9(6-7)18(21)22)16-3-1-15-2-4-16/h5-6,15H,1-4H2. The molecule has 12 heteroatoms. The smallest absolute Gasteiger partial charge is 0.358 e. The summed E-state index contributed by atoms with van der Waals surface area (Å²) in [5.41, 5.74) is -6.35. The molecule has 1 aliphatic heterocycles. The Morgan fingerprint density at radius 3 is 1.96 bits per heavy atom. The number of alkyl halides is 3. The number of thioether (sulfide) groups is 1. The first-order valence-electron chi connectivity index (χ1n) is 6.37. The van der Waals surface area contributed by atoms with Crippen molar-refractivity contribution in [1.29, 1.82) is 0 Å². The number of rotatable bonds is 4. The number of benzene rings is 1. The molecule has 1 fully saturated rings. The van der Waals surface area contributed by atoms with E-state index in [1.807, 2.05) is 0 Å². The van der Waals surface area contributed by atoms with E-state index in [0.717, 1.165) is 12.1 Å². The van der Waals surface area contributed by atoms with Crippen LogP contribution >= 0.6 is 11.8 Å². The third kappa shape index (κ3) is 4.22. The maximum Gasteiger partial charge on any atom is 0.446 e. The molecule has 1 heterocycles. The highest BCUT2D eigenvalue weighted by atomic mass is 32.2. The van der Waals surface area contributed by atoms with Crippen LogP contribution in [0.3, 0.4) is 0 Å². The molecule has 0 radical (unpaired) electrons. The van der Waals surface area contributed by atoms with Gasteiger partial charge in [0, 0.05) is 43.2 Å². The van der Waals surface area contributed by atoms with E-state index in [1.165, 1.54) is 4.90 Å². The Hall–Kier alpha value is -2.08. The minimum Gasteiger partial charge on any atom is -0.358 e. The zero-order chi connectivity index (χ0) is 17.2. The van der Waals surface area contributed by atoms with Gasteiger partial charge in [-0.25, -0.2) is 0 Å². The second-order valence-electron chi connectivity index (χ2n) is 4.61. The van der Waals surface area contributed by atoms with Crippen LogP contribution < -0.4 is 10.2 Å². The maximum atomic E-state index is 12.5. The van der Waals surface area contributed by atoms with Gasteiger partial charge >= 0.3 is 16.9 Å². The normalized spacial score (nSPS) is 15.5. The average Bonchev–Trinajstić information content (AvgIpc) is 2.45. The number of halogens is 3. The lowest BCUT2D eigenvalue weighted by molar-refractivity contribution is -0.393. The largest absolute Gasteiger partial charge is 0.446 e. The van der Waals surface area contributed by atoms with Crippen LogP contribution in [0.2, 0.25) is 0 Å². The Balaban J connectivity index is 2.58. The van der Waals surface area contributed by atoms with E-state index in [-0.39, 0.29) is 18.8 Å². The number of hydrogen-bond donors (Lipinski definition) is 1. The summed E-state index contributed by atoms with van der Waals surface area (Å²) in [6, 6.07) is 1.45. The highest BCUT2D eigenvalue weighted by Gasteiger charge is 2.35. The summed E-state index contributed by atoms with van der Waals surface area (Å²) >= 11 is -0.621. The third-order valence-corrected chi connectivity index (χ3v) is 3.81. The zero-order valence-electron chi connectivity index (χ0n) is 11.5. The van der Waals surface area contributed by atoms with Crippen LogP contribution in [0.15, 0.2) is 17.0 Å². The number of anilines is 1. The Morgan fingerprint density at radius 2 is 1.57 bits per heavy atom. The molecule has 1 aromatic rings. The number of nitro groups is 2. The number of hydrogen-bond acceptors (Lipinski definition) is 7. The molecular weight excluding hydrogens is 341 g/mol. The first-order valence-corrected chi connectivity index (χ1v) is 7.19. The van der Waals surface area contributed by atoms with Crippen molar-refractivity contribution in [2.24, 2.45) is 0 Å². The van der Waals surface area contributed by atoms with E-state index in [1.54, 1.807) is 0 Å². The number of nitrogens with zero attached hydrogens (tertiary/aromatic N) is 3. The fourth-order valence-corrected chi connectivity index (χ4v) is 2.87. The van der Waals surface area contributed by atoms with Crippen LogP contribution in [0.1, 0.15) is 0 Å². The van der Waals surface area contributed by atoms with Gasteiger partial charge in [0.15, 0.2) is 5.69 Å². The molecule has 0 atom stereocenters.